The standard InChI is InChI=1S/C21H22ClN3O3S/c1-27-18-7-6-15(22)14-16(18)20(26)25(9-8-24-10-12-28-13-11-24)21-23-17-4-2-3-5-19(17)29-21/h2-7,14H,8-13H2,1H3. The number of nitrogens with zero attached hydrogens (tertiary/aromatic N) is 3. The third kappa shape index (κ3) is 4.53. The first-order valence-electron chi connectivity index (χ1n) is 9.47. The quantitative estimate of drug-likeness (QED) is 0.591. The van der Waals surface area contributed by atoms with Crippen molar-refractivity contribution in [3.05, 3.63) is 53.1 Å². The van der Waals surface area contributed by atoms with Gasteiger partial charge in [-0.15, -0.1) is 0 Å². The van der Waals surface area contributed by atoms with E-state index < -0.39 is 0 Å². The molecule has 0 unspecified atom stereocenters. The van der Waals surface area contributed by atoms with E-state index in [2.05, 4.69) is 4.90 Å². The number of para-hydroxylation sites is 1. The number of halogens is 1. The highest BCUT2D eigenvalue weighted by molar-refractivity contribution is 7.22. The number of fused-ring (bicyclic) bond motifs is 1. The molecule has 1 amide bonds. The van der Waals surface area contributed by atoms with E-state index in [1.165, 1.54) is 11.3 Å². The van der Waals surface area contributed by atoms with Crippen molar-refractivity contribution in [2.75, 3.05) is 51.4 Å². The van der Waals surface area contributed by atoms with Gasteiger partial charge in [0, 0.05) is 31.2 Å². The van der Waals surface area contributed by atoms with Crippen molar-refractivity contribution in [3.63, 3.8) is 0 Å². The summed E-state index contributed by atoms with van der Waals surface area (Å²) in [6.45, 7) is 4.43. The molecule has 1 aliphatic rings. The molecule has 4 rings (SSSR count). The molecule has 8 heteroatoms. The van der Waals surface area contributed by atoms with E-state index in [1.807, 2.05) is 24.3 Å². The Morgan fingerprint density at radius 3 is 2.83 bits per heavy atom. The van der Waals surface area contributed by atoms with Gasteiger partial charge in [-0.3, -0.25) is 14.6 Å². The summed E-state index contributed by atoms with van der Waals surface area (Å²) < 4.78 is 11.9. The van der Waals surface area contributed by atoms with Crippen molar-refractivity contribution in [3.8, 4) is 5.75 Å². The predicted octanol–water partition coefficient (Wildman–Crippen LogP) is 3.94. The fraction of sp³-hybridized carbons (Fsp3) is 0.333. The Balaban J connectivity index is 1.67. The second-order valence-corrected chi connectivity index (χ2v) is 8.17. The van der Waals surface area contributed by atoms with Crippen molar-refractivity contribution < 1.29 is 14.3 Å². The van der Waals surface area contributed by atoms with Crippen molar-refractivity contribution in [1.82, 2.24) is 9.88 Å². The largest absolute Gasteiger partial charge is 0.496 e. The van der Waals surface area contributed by atoms with Gasteiger partial charge >= 0.3 is 0 Å². The normalized spacial score (nSPS) is 14.8. The summed E-state index contributed by atoms with van der Waals surface area (Å²) in [4.78, 5) is 22.3. The van der Waals surface area contributed by atoms with Gasteiger partial charge in [-0.05, 0) is 30.3 Å². The Kier molecular flexibility index (Phi) is 6.30. The Morgan fingerprint density at radius 2 is 2.07 bits per heavy atom. The highest BCUT2D eigenvalue weighted by atomic mass is 35.5. The molecule has 0 N–H and O–H groups in total. The van der Waals surface area contributed by atoms with Crippen molar-refractivity contribution in [2.45, 2.75) is 0 Å². The van der Waals surface area contributed by atoms with Crippen LogP contribution in [-0.2, 0) is 4.74 Å². The van der Waals surface area contributed by atoms with Crippen LogP contribution in [-0.4, -0.2) is 62.3 Å². The van der Waals surface area contributed by atoms with E-state index in [0.29, 0.717) is 28.0 Å². The van der Waals surface area contributed by atoms with Gasteiger partial charge in [-0.1, -0.05) is 35.1 Å². The van der Waals surface area contributed by atoms with Gasteiger partial charge in [-0.2, -0.15) is 0 Å². The van der Waals surface area contributed by atoms with Gasteiger partial charge in [0.2, 0.25) is 0 Å². The molecule has 0 spiro atoms. The molecule has 6 nitrogen and oxygen atoms in total. The maximum absolute atomic E-state index is 13.5. The maximum atomic E-state index is 13.5. The Hall–Kier alpha value is -2.19. The minimum absolute atomic E-state index is 0.170. The number of ether oxygens (including phenoxy) is 2. The monoisotopic (exact) mass is 431 g/mol. The average molecular weight is 432 g/mol. The number of carbonyl (C=O) groups excluding carboxylic acids is 1. The van der Waals surface area contributed by atoms with Crippen LogP contribution in [0, 0.1) is 0 Å². The van der Waals surface area contributed by atoms with Crippen LogP contribution in [0.25, 0.3) is 10.2 Å². The van der Waals surface area contributed by atoms with Crippen molar-refractivity contribution in [1.29, 1.82) is 0 Å². The number of hydrogen-bond donors (Lipinski definition) is 0. The molecule has 1 fully saturated rings. The maximum Gasteiger partial charge on any atom is 0.263 e. The molecule has 0 radical (unpaired) electrons. The number of thiazole rings is 1. The third-order valence-electron chi connectivity index (χ3n) is 4.89. The molecule has 3 aromatic rings. The number of morpholine rings is 1. The number of aromatic nitrogens is 1. The number of rotatable bonds is 6. The average Bonchev–Trinajstić information content (AvgIpc) is 3.18. The zero-order chi connectivity index (χ0) is 20.2. The molecule has 1 aromatic heterocycles. The van der Waals surface area contributed by atoms with Crippen LogP contribution in [0.1, 0.15) is 10.4 Å². The molecular formula is C21H22ClN3O3S. The summed E-state index contributed by atoms with van der Waals surface area (Å²) in [5, 5.41) is 1.16. The molecule has 1 aliphatic heterocycles. The van der Waals surface area contributed by atoms with Gasteiger partial charge in [-0.25, -0.2) is 4.98 Å². The third-order valence-corrected chi connectivity index (χ3v) is 6.19. The lowest BCUT2D eigenvalue weighted by Crippen LogP contribution is -2.43. The highest BCUT2D eigenvalue weighted by Crippen LogP contribution is 2.31. The van der Waals surface area contributed by atoms with Crippen LogP contribution in [0.15, 0.2) is 42.5 Å². The first kappa shape index (κ1) is 20.1. The topological polar surface area (TPSA) is 54.9 Å². The van der Waals surface area contributed by atoms with Gasteiger partial charge in [0.25, 0.3) is 5.91 Å². The van der Waals surface area contributed by atoms with Crippen LogP contribution < -0.4 is 9.64 Å². The van der Waals surface area contributed by atoms with Crippen molar-refractivity contribution in [2.24, 2.45) is 0 Å². The van der Waals surface area contributed by atoms with Crippen LogP contribution in [0.4, 0.5) is 5.13 Å². The fourth-order valence-corrected chi connectivity index (χ4v) is 4.48. The summed E-state index contributed by atoms with van der Waals surface area (Å²) in [5.74, 6) is 0.327. The van der Waals surface area contributed by atoms with Gasteiger partial charge in [0.05, 0.1) is 36.1 Å². The van der Waals surface area contributed by atoms with Crippen LogP contribution in [0.3, 0.4) is 0 Å². The van der Waals surface area contributed by atoms with E-state index in [0.717, 1.165) is 43.1 Å². The lowest BCUT2D eigenvalue weighted by molar-refractivity contribution is 0.0391. The Bertz CT molecular complexity index is 971. The summed E-state index contributed by atoms with van der Waals surface area (Å²) in [5.41, 5.74) is 1.32. The van der Waals surface area contributed by atoms with E-state index in [4.69, 9.17) is 26.1 Å². The molecule has 2 heterocycles. The number of anilines is 1. The minimum atomic E-state index is -0.170. The highest BCUT2D eigenvalue weighted by Gasteiger charge is 2.25. The molecule has 0 bridgehead atoms. The van der Waals surface area contributed by atoms with E-state index >= 15 is 0 Å². The van der Waals surface area contributed by atoms with Gasteiger partial charge in [0.1, 0.15) is 5.75 Å². The molecule has 29 heavy (non-hydrogen) atoms. The molecule has 1 saturated heterocycles. The SMILES string of the molecule is COc1ccc(Cl)cc1C(=O)N(CCN1CCOCC1)c1nc2ccccc2s1. The summed E-state index contributed by atoms with van der Waals surface area (Å²) in [6, 6.07) is 13.0. The molecule has 0 aliphatic carbocycles. The van der Waals surface area contributed by atoms with E-state index in [1.54, 1.807) is 30.2 Å². The predicted molar refractivity (Wildman–Crippen MR) is 117 cm³/mol. The first-order chi connectivity index (χ1) is 14.2. The fourth-order valence-electron chi connectivity index (χ4n) is 3.32. The number of amides is 1. The van der Waals surface area contributed by atoms with Gasteiger partial charge < -0.3 is 9.47 Å². The van der Waals surface area contributed by atoms with E-state index in [9.17, 15) is 4.79 Å². The second kappa shape index (κ2) is 9.09. The molecule has 0 saturated carbocycles. The Labute approximate surface area is 178 Å². The van der Waals surface area contributed by atoms with Crippen LogP contribution in [0.5, 0.6) is 5.75 Å². The van der Waals surface area contributed by atoms with Crippen LogP contribution in [0.2, 0.25) is 5.02 Å². The lowest BCUT2D eigenvalue weighted by atomic mass is 10.1. The van der Waals surface area contributed by atoms with E-state index in [-0.39, 0.29) is 5.91 Å². The smallest absolute Gasteiger partial charge is 0.263 e. The molecule has 152 valence electrons. The first-order valence-corrected chi connectivity index (χ1v) is 10.7. The summed E-state index contributed by atoms with van der Waals surface area (Å²) >= 11 is 7.68. The number of methoxy groups -OCH3 is 1. The van der Waals surface area contributed by atoms with Gasteiger partial charge in [0.15, 0.2) is 5.13 Å². The number of hydrogen-bond acceptors (Lipinski definition) is 6. The number of benzene rings is 2. The number of carbonyl (C=O) groups is 1. The van der Waals surface area contributed by atoms with Crippen LogP contribution >= 0.6 is 22.9 Å². The second-order valence-electron chi connectivity index (χ2n) is 6.72. The molecular weight excluding hydrogens is 410 g/mol. The molecule has 0 atom stereocenters. The molecule has 2 aromatic carbocycles. The summed E-state index contributed by atoms with van der Waals surface area (Å²) in [7, 11) is 1.55. The van der Waals surface area contributed by atoms with Crippen molar-refractivity contribution >= 4 is 44.2 Å². The lowest BCUT2D eigenvalue weighted by Gasteiger charge is -2.29. The zero-order valence-corrected chi connectivity index (χ0v) is 17.7. The minimum Gasteiger partial charge on any atom is -0.496 e. The Morgan fingerprint density at radius 1 is 1.28 bits per heavy atom. The zero-order valence-electron chi connectivity index (χ0n) is 16.1. The summed E-state index contributed by atoms with van der Waals surface area (Å²) in [6.07, 6.45) is 0.